The third-order valence-corrected chi connectivity index (χ3v) is 4.50. The predicted molar refractivity (Wildman–Crippen MR) is 82.7 cm³/mol. The number of nitrogens with zero attached hydrogens (tertiary/aromatic N) is 4. The minimum absolute atomic E-state index is 0.0155. The van der Waals surface area contributed by atoms with Gasteiger partial charge in [-0.25, -0.2) is 15.2 Å². The number of amides is 1. The Balaban J connectivity index is 1.53. The molecule has 1 fully saturated rings. The van der Waals surface area contributed by atoms with Gasteiger partial charge in [-0.15, -0.1) is 0 Å². The summed E-state index contributed by atoms with van der Waals surface area (Å²) in [5.74, 6) is -0.982. The van der Waals surface area contributed by atoms with E-state index in [1.54, 1.807) is 12.4 Å². The Kier molecular flexibility index (Phi) is 3.62. The smallest absolute Gasteiger partial charge is 0.353 e. The molecule has 2 atom stereocenters. The number of hydrogen-bond donors (Lipinski definition) is 2. The summed E-state index contributed by atoms with van der Waals surface area (Å²) in [7, 11) is 0. The van der Waals surface area contributed by atoms with Crippen molar-refractivity contribution in [1.29, 1.82) is 0 Å². The maximum Gasteiger partial charge on any atom is 0.397 e. The number of aromatic nitrogens is 5. The zero-order valence-electron chi connectivity index (χ0n) is 13.0. The van der Waals surface area contributed by atoms with Crippen LogP contribution in [0.25, 0.3) is 22.1 Å². The molecule has 4 rings (SSSR count). The molecule has 2 N–H and O–H groups in total. The Morgan fingerprint density at radius 3 is 3.00 bits per heavy atom. The lowest BCUT2D eigenvalue weighted by molar-refractivity contribution is -0.154. The van der Waals surface area contributed by atoms with Crippen LogP contribution in [-0.4, -0.2) is 43.1 Å². The second-order valence-electron chi connectivity index (χ2n) is 6.28. The van der Waals surface area contributed by atoms with Gasteiger partial charge >= 0.3 is 6.18 Å². The molecule has 1 aliphatic rings. The van der Waals surface area contributed by atoms with E-state index >= 15 is 0 Å². The van der Waals surface area contributed by atoms with Crippen molar-refractivity contribution in [2.45, 2.75) is 43.9 Å². The Bertz CT molecular complexity index is 930. The molecule has 132 valence electrons. The average molecular weight is 352 g/mol. The maximum absolute atomic E-state index is 12.3. The largest absolute Gasteiger partial charge is 0.397 e. The molecule has 0 bridgehead atoms. The molecule has 3 heterocycles. The van der Waals surface area contributed by atoms with E-state index in [0.717, 1.165) is 17.3 Å². The Hall–Kier alpha value is -2.65. The molecule has 3 aromatic rings. The molecular formula is C15H15F3N6O. The van der Waals surface area contributed by atoms with Gasteiger partial charge in [0.1, 0.15) is 11.9 Å². The summed E-state index contributed by atoms with van der Waals surface area (Å²) in [6.07, 6.45) is -0.728. The van der Waals surface area contributed by atoms with Crippen molar-refractivity contribution in [3.05, 3.63) is 18.5 Å². The van der Waals surface area contributed by atoms with E-state index in [1.165, 1.54) is 0 Å². The molecule has 1 saturated carbocycles. The van der Waals surface area contributed by atoms with Crippen molar-refractivity contribution in [1.82, 2.24) is 30.3 Å². The number of nitrogens with one attached hydrogen (secondary N) is 2. The summed E-state index contributed by atoms with van der Waals surface area (Å²) < 4.78 is 38.7. The highest BCUT2D eigenvalue weighted by molar-refractivity contribution is 6.00. The fourth-order valence-corrected chi connectivity index (χ4v) is 3.48. The number of carbonyl (C=O) groups is 1. The number of fused-ring (bicyclic) bond motifs is 3. The standard InChI is InChI=1S/C15H15F3N6O/c16-15(17,18)6-12(25)21-8-1-2-9(5-8)24-13-10-3-4-19-14(10)20-7-11(13)22-23-24/h3-4,7-9,23H,1-2,5-6H2,(H,21,25). The lowest BCUT2D eigenvalue weighted by Crippen LogP contribution is -2.35. The van der Waals surface area contributed by atoms with Crippen LogP contribution in [-0.2, 0) is 4.79 Å². The first-order valence-corrected chi connectivity index (χ1v) is 7.93. The Morgan fingerprint density at radius 1 is 1.36 bits per heavy atom. The fourth-order valence-electron chi connectivity index (χ4n) is 3.48. The van der Waals surface area contributed by atoms with Gasteiger partial charge < -0.3 is 5.32 Å². The molecule has 0 saturated heterocycles. The van der Waals surface area contributed by atoms with Gasteiger partial charge in [-0.05, 0) is 25.3 Å². The van der Waals surface area contributed by atoms with Gasteiger partial charge in [0, 0.05) is 17.6 Å². The molecule has 0 spiro atoms. The normalized spacial score (nSPS) is 21.2. The molecule has 0 aliphatic heterocycles. The van der Waals surface area contributed by atoms with Crippen LogP contribution >= 0.6 is 0 Å². The highest BCUT2D eigenvalue weighted by atomic mass is 19.4. The zero-order valence-corrected chi connectivity index (χ0v) is 13.0. The topological polar surface area (TPSA) is 88.5 Å². The quantitative estimate of drug-likeness (QED) is 0.758. The SMILES string of the molecule is O=C(CC(F)(F)F)NC1CCC(n2[nH]nc3cnc4nccc4c32)C1. The van der Waals surface area contributed by atoms with E-state index in [4.69, 9.17) is 0 Å². The highest BCUT2D eigenvalue weighted by Crippen LogP contribution is 2.33. The summed E-state index contributed by atoms with van der Waals surface area (Å²) in [6.45, 7) is 0. The van der Waals surface area contributed by atoms with Crippen LogP contribution in [0.2, 0.25) is 0 Å². The van der Waals surface area contributed by atoms with E-state index < -0.39 is 18.5 Å². The van der Waals surface area contributed by atoms with Crippen LogP contribution in [0.1, 0.15) is 31.7 Å². The average Bonchev–Trinajstić information content (AvgIpc) is 3.22. The zero-order chi connectivity index (χ0) is 17.6. The molecule has 25 heavy (non-hydrogen) atoms. The lowest BCUT2D eigenvalue weighted by Gasteiger charge is -2.15. The number of aromatic amines is 1. The first-order chi connectivity index (χ1) is 11.9. The highest BCUT2D eigenvalue weighted by Gasteiger charge is 2.34. The second-order valence-corrected chi connectivity index (χ2v) is 6.28. The summed E-state index contributed by atoms with van der Waals surface area (Å²) in [4.78, 5) is 19.9. The number of carbonyl (C=O) groups excluding carboxylic acids is 1. The number of hydrogen-bond acceptors (Lipinski definition) is 4. The lowest BCUT2D eigenvalue weighted by atomic mass is 10.2. The molecule has 1 aliphatic carbocycles. The van der Waals surface area contributed by atoms with E-state index in [1.807, 2.05) is 10.7 Å². The predicted octanol–water partition coefficient (Wildman–Crippen LogP) is 2.47. The molecule has 3 aromatic heterocycles. The van der Waals surface area contributed by atoms with E-state index in [0.29, 0.717) is 24.0 Å². The monoisotopic (exact) mass is 352 g/mol. The van der Waals surface area contributed by atoms with Gasteiger partial charge in [-0.1, -0.05) is 0 Å². The van der Waals surface area contributed by atoms with E-state index in [9.17, 15) is 18.0 Å². The van der Waals surface area contributed by atoms with Crippen molar-refractivity contribution in [2.75, 3.05) is 0 Å². The molecule has 2 unspecified atom stereocenters. The summed E-state index contributed by atoms with van der Waals surface area (Å²) in [5, 5.41) is 10.5. The van der Waals surface area contributed by atoms with Crippen molar-refractivity contribution >= 4 is 28.0 Å². The van der Waals surface area contributed by atoms with E-state index in [-0.39, 0.29) is 12.1 Å². The first-order valence-electron chi connectivity index (χ1n) is 7.93. The van der Waals surface area contributed by atoms with Crippen LogP contribution in [0.4, 0.5) is 13.2 Å². The Morgan fingerprint density at radius 2 is 2.20 bits per heavy atom. The van der Waals surface area contributed by atoms with Crippen molar-refractivity contribution < 1.29 is 18.0 Å². The summed E-state index contributed by atoms with van der Waals surface area (Å²) in [5.41, 5.74) is 2.19. The third kappa shape index (κ3) is 3.03. The van der Waals surface area contributed by atoms with Crippen molar-refractivity contribution in [3.63, 3.8) is 0 Å². The van der Waals surface area contributed by atoms with Crippen LogP contribution in [0.3, 0.4) is 0 Å². The van der Waals surface area contributed by atoms with Gasteiger partial charge in [0.2, 0.25) is 5.91 Å². The minimum Gasteiger partial charge on any atom is -0.353 e. The van der Waals surface area contributed by atoms with Crippen molar-refractivity contribution in [2.24, 2.45) is 0 Å². The van der Waals surface area contributed by atoms with Crippen LogP contribution in [0, 0.1) is 0 Å². The van der Waals surface area contributed by atoms with Gasteiger partial charge in [0.05, 0.1) is 17.8 Å². The van der Waals surface area contributed by atoms with Crippen LogP contribution in [0.15, 0.2) is 18.5 Å². The fraction of sp³-hybridized carbons (Fsp3) is 0.467. The van der Waals surface area contributed by atoms with Crippen LogP contribution < -0.4 is 5.32 Å². The number of alkyl halides is 3. The van der Waals surface area contributed by atoms with Crippen LogP contribution in [0.5, 0.6) is 0 Å². The summed E-state index contributed by atoms with van der Waals surface area (Å²) in [6, 6.07) is 1.59. The molecule has 7 nitrogen and oxygen atoms in total. The van der Waals surface area contributed by atoms with Gasteiger partial charge in [0.15, 0.2) is 5.65 Å². The minimum atomic E-state index is -4.49. The maximum atomic E-state index is 12.3. The van der Waals surface area contributed by atoms with Gasteiger partial charge in [0.25, 0.3) is 0 Å². The Labute approximate surface area is 139 Å². The number of rotatable bonds is 3. The molecule has 1 amide bonds. The van der Waals surface area contributed by atoms with Crippen molar-refractivity contribution in [3.8, 4) is 0 Å². The van der Waals surface area contributed by atoms with Gasteiger partial charge in [-0.2, -0.15) is 18.3 Å². The summed E-state index contributed by atoms with van der Waals surface area (Å²) >= 11 is 0. The molecule has 10 heteroatoms. The molecule has 0 radical (unpaired) electrons. The number of halogens is 3. The number of H-pyrrole nitrogens is 1. The molecule has 0 aromatic carbocycles. The van der Waals surface area contributed by atoms with E-state index in [2.05, 4.69) is 25.6 Å². The number of pyridine rings is 1. The third-order valence-electron chi connectivity index (χ3n) is 4.50. The first kappa shape index (κ1) is 15.9. The second kappa shape index (κ2) is 5.71. The molecular weight excluding hydrogens is 337 g/mol. The van der Waals surface area contributed by atoms with Gasteiger partial charge in [-0.3, -0.25) is 9.48 Å².